The van der Waals surface area contributed by atoms with Crippen LogP contribution in [0.3, 0.4) is 0 Å². The van der Waals surface area contributed by atoms with Crippen LogP contribution in [0.1, 0.15) is 25.0 Å². The Morgan fingerprint density at radius 1 is 0.387 bits per heavy atom. The molecule has 0 spiro atoms. The van der Waals surface area contributed by atoms with Gasteiger partial charge >= 0.3 is 0 Å². The van der Waals surface area contributed by atoms with Gasteiger partial charge in [-0.2, -0.15) is 0 Å². The van der Waals surface area contributed by atoms with Crippen molar-refractivity contribution in [3.8, 4) is 78.0 Å². The van der Waals surface area contributed by atoms with Crippen molar-refractivity contribution >= 4 is 27.3 Å². The minimum absolute atomic E-state index is 0.151. The number of aromatic nitrogens is 3. The Morgan fingerprint density at radius 3 is 1.53 bits per heavy atom. The number of benzene rings is 9. The Labute approximate surface area is 361 Å². The highest BCUT2D eigenvalue weighted by Crippen LogP contribution is 2.53. The zero-order chi connectivity index (χ0) is 41.4. The lowest BCUT2D eigenvalue weighted by molar-refractivity contribution is 0.661. The molecule has 0 bridgehead atoms. The van der Waals surface area contributed by atoms with Crippen LogP contribution in [-0.4, -0.2) is 14.4 Å². The van der Waals surface area contributed by atoms with Gasteiger partial charge in [-0.15, -0.1) is 0 Å². The van der Waals surface area contributed by atoms with Gasteiger partial charge in [0.05, 0.1) is 5.69 Å². The molecule has 62 heavy (non-hydrogen) atoms. The number of imidazole rings is 1. The van der Waals surface area contributed by atoms with Crippen LogP contribution in [0.15, 0.2) is 213 Å². The first-order valence-corrected chi connectivity index (χ1v) is 21.4. The minimum Gasteiger partial charge on any atom is -0.291 e. The average Bonchev–Trinajstić information content (AvgIpc) is 3.87. The monoisotopic (exact) mass is 791 g/mol. The fraction of sp³-hybridized carbons (Fsp3) is 0.0508. The van der Waals surface area contributed by atoms with E-state index < -0.39 is 0 Å². The Hall–Kier alpha value is -7.88. The summed E-state index contributed by atoms with van der Waals surface area (Å²) in [6.45, 7) is 4.76. The molecule has 3 heteroatoms. The summed E-state index contributed by atoms with van der Waals surface area (Å²) in [5.74, 6) is 0.695. The zero-order valence-electron chi connectivity index (χ0n) is 34.5. The van der Waals surface area contributed by atoms with Crippen LogP contribution in [0, 0.1) is 0 Å². The molecule has 0 amide bonds. The van der Waals surface area contributed by atoms with Crippen molar-refractivity contribution in [1.29, 1.82) is 0 Å². The van der Waals surface area contributed by atoms with Gasteiger partial charge in [-0.25, -0.2) is 9.97 Å². The number of rotatable bonds is 6. The summed E-state index contributed by atoms with van der Waals surface area (Å²) in [4.78, 5) is 9.22. The maximum atomic E-state index is 4.79. The summed E-state index contributed by atoms with van der Waals surface area (Å²) < 4.78 is 1.97. The fourth-order valence-corrected chi connectivity index (χ4v) is 9.94. The lowest BCUT2D eigenvalue weighted by Crippen LogP contribution is -2.14. The molecule has 0 fully saturated rings. The smallest absolute Gasteiger partial charge is 0.234 e. The van der Waals surface area contributed by atoms with Crippen LogP contribution in [0.4, 0.5) is 0 Å². The third-order valence-corrected chi connectivity index (χ3v) is 13.1. The van der Waals surface area contributed by atoms with E-state index in [0.717, 1.165) is 16.8 Å². The first-order valence-electron chi connectivity index (χ1n) is 21.4. The summed E-state index contributed by atoms with van der Waals surface area (Å²) >= 11 is 0. The number of fused-ring (bicyclic) bond motifs is 6. The molecule has 1 aliphatic carbocycles. The maximum absolute atomic E-state index is 4.79. The van der Waals surface area contributed by atoms with Gasteiger partial charge in [0.2, 0.25) is 5.78 Å². The van der Waals surface area contributed by atoms with Crippen molar-refractivity contribution in [3.05, 3.63) is 224 Å². The van der Waals surface area contributed by atoms with Crippen molar-refractivity contribution in [1.82, 2.24) is 14.4 Å². The van der Waals surface area contributed by atoms with Gasteiger partial charge < -0.3 is 0 Å². The lowest BCUT2D eigenvalue weighted by atomic mass is 9.79. The van der Waals surface area contributed by atoms with Crippen LogP contribution >= 0.6 is 0 Å². The van der Waals surface area contributed by atoms with Crippen LogP contribution in [0.5, 0.6) is 0 Å². The number of hydrogen-bond donors (Lipinski definition) is 0. The highest BCUT2D eigenvalue weighted by atomic mass is 15.1. The van der Waals surface area contributed by atoms with E-state index in [0.29, 0.717) is 5.78 Å². The van der Waals surface area contributed by atoms with Gasteiger partial charge in [0.15, 0.2) is 0 Å². The molecule has 0 atom stereocenters. The highest BCUT2D eigenvalue weighted by molar-refractivity contribution is 6.23. The van der Waals surface area contributed by atoms with E-state index in [1.807, 2.05) is 22.9 Å². The Kier molecular flexibility index (Phi) is 8.20. The zero-order valence-corrected chi connectivity index (χ0v) is 34.5. The van der Waals surface area contributed by atoms with E-state index in [9.17, 15) is 0 Å². The molecule has 2 aromatic heterocycles. The molecule has 1 aliphatic rings. The predicted octanol–water partition coefficient (Wildman–Crippen LogP) is 15.3. The summed E-state index contributed by atoms with van der Waals surface area (Å²) in [5, 5.41) is 4.99. The molecule has 11 aromatic rings. The SMILES string of the molecule is CC1(C)c2ccccc2-c2cc3c(-c4ccc(-c5ccccc5)cc4)c4ccc(-c5ccc(-c6cn7cccnc7n6)cc5)cc4c(-c4ccc(-c5ccccc5)cc4)c3cc21. The van der Waals surface area contributed by atoms with Crippen molar-refractivity contribution in [2.24, 2.45) is 0 Å². The van der Waals surface area contributed by atoms with Crippen LogP contribution < -0.4 is 0 Å². The van der Waals surface area contributed by atoms with Crippen LogP contribution in [-0.2, 0) is 5.41 Å². The van der Waals surface area contributed by atoms with E-state index >= 15 is 0 Å². The largest absolute Gasteiger partial charge is 0.291 e. The molecule has 0 saturated heterocycles. The lowest BCUT2D eigenvalue weighted by Gasteiger charge is -2.24. The molecule has 292 valence electrons. The quantitative estimate of drug-likeness (QED) is 0.157. The average molecular weight is 792 g/mol. The molecule has 12 rings (SSSR count). The maximum Gasteiger partial charge on any atom is 0.234 e. The second kappa shape index (κ2) is 14.1. The second-order valence-corrected chi connectivity index (χ2v) is 17.0. The summed E-state index contributed by atoms with van der Waals surface area (Å²) in [7, 11) is 0. The predicted molar refractivity (Wildman–Crippen MR) is 258 cm³/mol. The van der Waals surface area contributed by atoms with Gasteiger partial charge in [-0.1, -0.05) is 184 Å². The van der Waals surface area contributed by atoms with E-state index in [2.05, 4.69) is 207 Å². The first kappa shape index (κ1) is 36.0. The Morgan fingerprint density at radius 2 is 0.887 bits per heavy atom. The van der Waals surface area contributed by atoms with Crippen LogP contribution in [0.2, 0.25) is 0 Å². The number of nitrogens with zero attached hydrogens (tertiary/aromatic N) is 3. The summed E-state index contributed by atoms with van der Waals surface area (Å²) in [5.41, 5.74) is 19.3. The third kappa shape index (κ3) is 5.81. The van der Waals surface area contributed by atoms with Crippen molar-refractivity contribution in [2.75, 3.05) is 0 Å². The van der Waals surface area contributed by atoms with Gasteiger partial charge in [0, 0.05) is 29.6 Å². The molecule has 2 heterocycles. The van der Waals surface area contributed by atoms with Gasteiger partial charge in [-0.3, -0.25) is 4.40 Å². The highest BCUT2D eigenvalue weighted by Gasteiger charge is 2.36. The normalized spacial score (nSPS) is 12.8. The molecule has 0 radical (unpaired) electrons. The molecule has 0 aliphatic heterocycles. The first-order chi connectivity index (χ1) is 30.5. The van der Waals surface area contributed by atoms with Crippen LogP contribution in [0.25, 0.3) is 105 Å². The molecule has 3 nitrogen and oxygen atoms in total. The molecule has 9 aromatic carbocycles. The molecule has 0 saturated carbocycles. The van der Waals surface area contributed by atoms with Gasteiger partial charge in [-0.05, 0) is 124 Å². The molecule has 0 unspecified atom stereocenters. The molecular weight excluding hydrogens is 751 g/mol. The van der Waals surface area contributed by atoms with E-state index in [1.54, 1.807) is 6.20 Å². The molecular formula is C59H41N3. The van der Waals surface area contributed by atoms with Crippen molar-refractivity contribution in [3.63, 3.8) is 0 Å². The number of hydrogen-bond acceptors (Lipinski definition) is 2. The van der Waals surface area contributed by atoms with Gasteiger partial charge in [0.25, 0.3) is 0 Å². The fourth-order valence-electron chi connectivity index (χ4n) is 9.94. The van der Waals surface area contributed by atoms with Crippen molar-refractivity contribution < 1.29 is 0 Å². The van der Waals surface area contributed by atoms with E-state index in [4.69, 9.17) is 4.98 Å². The Bertz CT molecular complexity index is 3460. The summed E-state index contributed by atoms with van der Waals surface area (Å²) in [6.07, 6.45) is 5.80. The minimum atomic E-state index is -0.151. The second-order valence-electron chi connectivity index (χ2n) is 17.0. The Balaban J connectivity index is 1.11. The molecule has 0 N–H and O–H groups in total. The topological polar surface area (TPSA) is 30.2 Å². The van der Waals surface area contributed by atoms with Gasteiger partial charge in [0.1, 0.15) is 0 Å². The van der Waals surface area contributed by atoms with E-state index in [1.165, 1.54) is 93.9 Å². The summed E-state index contributed by atoms with van der Waals surface area (Å²) in [6, 6.07) is 71.5. The van der Waals surface area contributed by atoms with Crippen molar-refractivity contribution in [2.45, 2.75) is 19.3 Å². The standard InChI is InChI=1S/C59H41N3/c1-59(2)53-17-10-9-16-47(53)49-35-51-52(36-54(49)59)57(45-28-22-41(23-29-45)39-14-7-4-8-15-39)50-34-46(42-18-24-43(25-19-42)55-37-62-33-11-32-60-58(62)61-55)30-31-48(50)56(51)44-26-20-40(21-27-44)38-12-5-3-6-13-38/h3-37H,1-2H3. The van der Waals surface area contributed by atoms with E-state index in [-0.39, 0.29) is 5.41 Å². The third-order valence-electron chi connectivity index (χ3n) is 13.1.